The van der Waals surface area contributed by atoms with Crippen LogP contribution in [0.15, 0.2) is 34.9 Å². The third-order valence-corrected chi connectivity index (χ3v) is 6.17. The summed E-state index contributed by atoms with van der Waals surface area (Å²) < 4.78 is 5.36. The summed E-state index contributed by atoms with van der Waals surface area (Å²) in [5.74, 6) is 0.841. The van der Waals surface area contributed by atoms with E-state index in [9.17, 15) is 14.9 Å². The first-order valence-corrected chi connectivity index (χ1v) is 10.4. The van der Waals surface area contributed by atoms with Gasteiger partial charge in [-0.1, -0.05) is 16.8 Å². The SMILES string of the molecule is Cc1sc(C(=O)N2CCN(Cc3nc(-c4ccc(Cl)cc4)no3)CC2)cc1[N+](=O)[O-]. The number of carbonyl (C=O) groups is 1. The van der Waals surface area contributed by atoms with Gasteiger partial charge >= 0.3 is 0 Å². The number of aryl methyl sites for hydroxylation is 1. The molecule has 1 aliphatic heterocycles. The smallest absolute Gasteiger partial charge is 0.283 e. The van der Waals surface area contributed by atoms with Crippen molar-refractivity contribution in [2.45, 2.75) is 13.5 Å². The first-order chi connectivity index (χ1) is 14.4. The Hall–Kier alpha value is -2.82. The van der Waals surface area contributed by atoms with Crippen molar-refractivity contribution in [3.05, 3.63) is 61.1 Å². The lowest BCUT2D eigenvalue weighted by Crippen LogP contribution is -2.48. The molecule has 11 heteroatoms. The van der Waals surface area contributed by atoms with Crippen LogP contribution in [0, 0.1) is 17.0 Å². The number of carbonyl (C=O) groups excluding carboxylic acids is 1. The van der Waals surface area contributed by atoms with Crippen LogP contribution in [0.5, 0.6) is 0 Å². The topological polar surface area (TPSA) is 106 Å². The van der Waals surface area contributed by atoms with Crippen LogP contribution in [0.2, 0.25) is 5.02 Å². The van der Waals surface area contributed by atoms with Crippen LogP contribution < -0.4 is 0 Å². The van der Waals surface area contributed by atoms with Crippen molar-refractivity contribution in [2.75, 3.05) is 26.2 Å². The number of halogens is 1. The standard InChI is InChI=1S/C19H18ClN5O4S/c1-12-15(25(27)28)10-16(30-12)19(26)24-8-6-23(7-9-24)11-17-21-18(22-29-17)13-2-4-14(20)5-3-13/h2-5,10H,6-9,11H2,1H3. The Morgan fingerprint density at radius 1 is 1.27 bits per heavy atom. The summed E-state index contributed by atoms with van der Waals surface area (Å²) in [5, 5.41) is 15.7. The van der Waals surface area contributed by atoms with Crippen LogP contribution in [0.25, 0.3) is 11.4 Å². The molecule has 0 saturated carbocycles. The Balaban J connectivity index is 1.34. The predicted octanol–water partition coefficient (Wildman–Crippen LogP) is 3.63. The number of nitro groups is 1. The van der Waals surface area contributed by atoms with Crippen molar-refractivity contribution in [2.24, 2.45) is 0 Å². The van der Waals surface area contributed by atoms with E-state index >= 15 is 0 Å². The number of benzene rings is 1. The molecule has 0 spiro atoms. The quantitative estimate of drug-likeness (QED) is 0.434. The number of piperazine rings is 1. The number of hydrogen-bond donors (Lipinski definition) is 0. The molecular formula is C19H18ClN5O4S. The summed E-state index contributed by atoms with van der Waals surface area (Å²) in [6.07, 6.45) is 0. The third kappa shape index (κ3) is 4.35. The van der Waals surface area contributed by atoms with Crippen molar-refractivity contribution in [3.8, 4) is 11.4 Å². The molecule has 156 valence electrons. The van der Waals surface area contributed by atoms with Gasteiger partial charge in [0.1, 0.15) is 0 Å². The second-order valence-electron chi connectivity index (χ2n) is 6.90. The maximum absolute atomic E-state index is 12.7. The zero-order valence-electron chi connectivity index (χ0n) is 16.1. The van der Waals surface area contributed by atoms with Gasteiger partial charge in [0.25, 0.3) is 11.6 Å². The maximum Gasteiger partial charge on any atom is 0.283 e. The van der Waals surface area contributed by atoms with Crippen molar-refractivity contribution < 1.29 is 14.2 Å². The lowest BCUT2D eigenvalue weighted by Gasteiger charge is -2.33. The molecule has 1 saturated heterocycles. The van der Waals surface area contributed by atoms with E-state index in [4.69, 9.17) is 16.1 Å². The highest BCUT2D eigenvalue weighted by Gasteiger charge is 2.27. The van der Waals surface area contributed by atoms with Crippen LogP contribution in [0.3, 0.4) is 0 Å². The van der Waals surface area contributed by atoms with E-state index in [1.54, 1.807) is 24.0 Å². The van der Waals surface area contributed by atoms with Crippen LogP contribution in [0.1, 0.15) is 20.4 Å². The van der Waals surface area contributed by atoms with E-state index in [-0.39, 0.29) is 11.6 Å². The maximum atomic E-state index is 12.7. The molecule has 0 radical (unpaired) electrons. The third-order valence-electron chi connectivity index (χ3n) is 4.89. The van der Waals surface area contributed by atoms with Crippen molar-refractivity contribution >= 4 is 34.5 Å². The molecule has 2 aromatic heterocycles. The molecule has 3 heterocycles. The number of amides is 1. The average molecular weight is 448 g/mol. The lowest BCUT2D eigenvalue weighted by atomic mass is 10.2. The molecule has 9 nitrogen and oxygen atoms in total. The van der Waals surface area contributed by atoms with E-state index in [1.807, 2.05) is 12.1 Å². The summed E-state index contributed by atoms with van der Waals surface area (Å²) in [6.45, 7) is 4.50. The van der Waals surface area contributed by atoms with Crippen LogP contribution in [-0.4, -0.2) is 56.9 Å². The van der Waals surface area contributed by atoms with E-state index in [1.165, 1.54) is 6.07 Å². The highest BCUT2D eigenvalue weighted by Crippen LogP contribution is 2.29. The second kappa shape index (κ2) is 8.50. The van der Waals surface area contributed by atoms with Gasteiger partial charge in [0.15, 0.2) is 0 Å². The van der Waals surface area contributed by atoms with Gasteiger partial charge in [-0.05, 0) is 31.2 Å². The number of thiophene rings is 1. The minimum absolute atomic E-state index is 0.00475. The minimum Gasteiger partial charge on any atom is -0.338 e. The number of nitrogens with zero attached hydrogens (tertiary/aromatic N) is 5. The number of aromatic nitrogens is 2. The normalized spacial score (nSPS) is 14.8. The molecule has 1 fully saturated rings. The molecule has 30 heavy (non-hydrogen) atoms. The Morgan fingerprint density at radius 3 is 2.60 bits per heavy atom. The molecule has 0 unspecified atom stereocenters. The van der Waals surface area contributed by atoms with Gasteiger partial charge in [0.2, 0.25) is 11.7 Å². The van der Waals surface area contributed by atoms with Gasteiger partial charge in [-0.2, -0.15) is 4.98 Å². The molecule has 0 bridgehead atoms. The second-order valence-corrected chi connectivity index (χ2v) is 8.59. The fraction of sp³-hybridized carbons (Fsp3) is 0.316. The predicted molar refractivity (Wildman–Crippen MR) is 112 cm³/mol. The van der Waals surface area contributed by atoms with Gasteiger partial charge in [-0.25, -0.2) is 0 Å². The number of rotatable bonds is 5. The summed E-state index contributed by atoms with van der Waals surface area (Å²) in [5.41, 5.74) is 0.819. The van der Waals surface area contributed by atoms with Gasteiger partial charge in [-0.15, -0.1) is 11.3 Å². The molecule has 0 atom stereocenters. The van der Waals surface area contributed by atoms with Crippen LogP contribution in [-0.2, 0) is 6.54 Å². The van der Waals surface area contributed by atoms with Gasteiger partial charge in [0, 0.05) is 42.8 Å². The highest BCUT2D eigenvalue weighted by molar-refractivity contribution is 7.14. The molecular weight excluding hydrogens is 430 g/mol. The molecule has 0 aliphatic carbocycles. The first kappa shape index (κ1) is 20.5. The summed E-state index contributed by atoms with van der Waals surface area (Å²) in [7, 11) is 0. The Morgan fingerprint density at radius 2 is 1.97 bits per heavy atom. The molecule has 3 aromatic rings. The molecule has 0 N–H and O–H groups in total. The molecule has 1 amide bonds. The average Bonchev–Trinajstić information content (AvgIpc) is 3.35. The van der Waals surface area contributed by atoms with Crippen molar-refractivity contribution in [3.63, 3.8) is 0 Å². The minimum atomic E-state index is -0.455. The van der Waals surface area contributed by atoms with E-state index in [0.29, 0.717) is 59.2 Å². The Kier molecular flexibility index (Phi) is 5.80. The summed E-state index contributed by atoms with van der Waals surface area (Å²) >= 11 is 7.06. The van der Waals surface area contributed by atoms with E-state index in [0.717, 1.165) is 16.9 Å². The van der Waals surface area contributed by atoms with Gasteiger partial charge in [0.05, 0.1) is 21.2 Å². The van der Waals surface area contributed by atoms with E-state index in [2.05, 4.69) is 15.0 Å². The first-order valence-electron chi connectivity index (χ1n) is 9.25. The largest absolute Gasteiger partial charge is 0.338 e. The zero-order valence-corrected chi connectivity index (χ0v) is 17.6. The van der Waals surface area contributed by atoms with E-state index < -0.39 is 4.92 Å². The summed E-state index contributed by atoms with van der Waals surface area (Å²) in [4.78, 5) is 32.5. The molecule has 1 aromatic carbocycles. The number of hydrogen-bond acceptors (Lipinski definition) is 8. The monoisotopic (exact) mass is 447 g/mol. The molecule has 4 rings (SSSR count). The lowest BCUT2D eigenvalue weighted by molar-refractivity contribution is -0.385. The summed E-state index contributed by atoms with van der Waals surface area (Å²) in [6, 6.07) is 8.57. The van der Waals surface area contributed by atoms with Crippen molar-refractivity contribution in [1.29, 1.82) is 0 Å². The Labute approximate surface area is 181 Å². The van der Waals surface area contributed by atoms with Crippen LogP contribution >= 0.6 is 22.9 Å². The Bertz CT molecular complexity index is 1070. The highest BCUT2D eigenvalue weighted by atomic mass is 35.5. The zero-order chi connectivity index (χ0) is 21.3. The van der Waals surface area contributed by atoms with Gasteiger partial charge in [-0.3, -0.25) is 19.8 Å². The molecule has 1 aliphatic rings. The fourth-order valence-electron chi connectivity index (χ4n) is 3.25. The fourth-order valence-corrected chi connectivity index (χ4v) is 4.33. The van der Waals surface area contributed by atoms with Crippen LogP contribution in [0.4, 0.5) is 5.69 Å². The van der Waals surface area contributed by atoms with Crippen molar-refractivity contribution in [1.82, 2.24) is 19.9 Å². The van der Waals surface area contributed by atoms with Gasteiger partial charge < -0.3 is 9.42 Å².